The van der Waals surface area contributed by atoms with Gasteiger partial charge in [0.15, 0.2) is 5.82 Å². The lowest BCUT2D eigenvalue weighted by Gasteiger charge is -2.05. The molecule has 0 aliphatic carbocycles. The van der Waals surface area contributed by atoms with Crippen LogP contribution in [-0.4, -0.2) is 20.1 Å². The number of hydrogen-bond donors (Lipinski definition) is 2. The smallest absolute Gasteiger partial charge is 0.255 e. The first kappa shape index (κ1) is 11.9. The van der Waals surface area contributed by atoms with E-state index in [0.29, 0.717) is 10.2 Å². The van der Waals surface area contributed by atoms with E-state index in [1.165, 1.54) is 0 Å². The van der Waals surface area contributed by atoms with Crippen LogP contribution in [0.1, 0.15) is 0 Å². The molecule has 0 bridgehead atoms. The number of fused-ring (bicyclic) bond motifs is 1. The number of rotatable bonds is 1. The number of nitrogens with one attached hydrogen (secondary N) is 1. The van der Waals surface area contributed by atoms with Gasteiger partial charge in [-0.1, -0.05) is 18.2 Å². The molecular formula is C13H8BrN3O2. The average Bonchev–Trinajstić information content (AvgIpc) is 2.36. The Morgan fingerprint density at radius 3 is 2.74 bits per heavy atom. The van der Waals surface area contributed by atoms with Crippen LogP contribution in [0.2, 0.25) is 0 Å². The Morgan fingerprint density at radius 1 is 1.16 bits per heavy atom. The average molecular weight is 318 g/mol. The number of benzene rings is 1. The molecule has 0 saturated heterocycles. The van der Waals surface area contributed by atoms with Gasteiger partial charge in [-0.05, 0) is 28.1 Å². The lowest BCUT2D eigenvalue weighted by molar-refractivity contribution is 0.452. The number of pyridine rings is 1. The highest BCUT2D eigenvalue weighted by molar-refractivity contribution is 9.10. The lowest BCUT2D eigenvalue weighted by atomic mass is 10.2. The van der Waals surface area contributed by atoms with Crippen LogP contribution >= 0.6 is 15.9 Å². The Balaban J connectivity index is 2.29. The highest BCUT2D eigenvalue weighted by atomic mass is 79.9. The Bertz CT molecular complexity index is 829. The van der Waals surface area contributed by atoms with Crippen molar-refractivity contribution in [2.45, 2.75) is 0 Å². The first-order chi connectivity index (χ1) is 9.13. The summed E-state index contributed by atoms with van der Waals surface area (Å²) in [5.41, 5.74) is 0.836. The van der Waals surface area contributed by atoms with Crippen molar-refractivity contribution >= 4 is 26.8 Å². The molecule has 0 spiro atoms. The molecule has 94 valence electrons. The van der Waals surface area contributed by atoms with Gasteiger partial charge in [-0.2, -0.15) is 4.98 Å². The minimum Gasteiger partial charge on any atom is -0.493 e. The van der Waals surface area contributed by atoms with E-state index in [4.69, 9.17) is 0 Å². The van der Waals surface area contributed by atoms with Gasteiger partial charge < -0.3 is 10.1 Å². The first-order valence-corrected chi connectivity index (χ1v) is 6.29. The summed E-state index contributed by atoms with van der Waals surface area (Å²) in [5.74, 6) is -0.108. The number of halogens is 1. The quantitative estimate of drug-likeness (QED) is 0.722. The maximum Gasteiger partial charge on any atom is 0.255 e. The molecule has 2 aromatic heterocycles. The molecule has 2 heterocycles. The Morgan fingerprint density at radius 2 is 1.95 bits per heavy atom. The molecule has 0 amide bonds. The number of para-hydroxylation sites is 1. The van der Waals surface area contributed by atoms with Crippen LogP contribution < -0.4 is 5.56 Å². The summed E-state index contributed by atoms with van der Waals surface area (Å²) in [6.45, 7) is 0. The molecule has 0 unspecified atom stereocenters. The van der Waals surface area contributed by atoms with E-state index >= 15 is 0 Å². The molecule has 1 aromatic carbocycles. The van der Waals surface area contributed by atoms with E-state index in [0.717, 1.165) is 17.0 Å². The maximum atomic E-state index is 11.4. The van der Waals surface area contributed by atoms with Crippen molar-refractivity contribution in [2.24, 2.45) is 0 Å². The monoisotopic (exact) mass is 317 g/mol. The summed E-state index contributed by atoms with van der Waals surface area (Å²) < 4.78 is 0.694. The van der Waals surface area contributed by atoms with Crippen LogP contribution in [0.5, 0.6) is 5.88 Å². The van der Waals surface area contributed by atoms with Gasteiger partial charge in [0.25, 0.3) is 5.56 Å². The third kappa shape index (κ3) is 2.22. The van der Waals surface area contributed by atoms with Crippen molar-refractivity contribution in [1.29, 1.82) is 0 Å². The summed E-state index contributed by atoms with van der Waals surface area (Å²) in [4.78, 5) is 22.2. The number of hydrogen-bond acceptors (Lipinski definition) is 4. The molecule has 19 heavy (non-hydrogen) atoms. The van der Waals surface area contributed by atoms with E-state index in [1.54, 1.807) is 0 Å². The molecule has 0 atom stereocenters. The van der Waals surface area contributed by atoms with E-state index in [9.17, 15) is 9.90 Å². The molecule has 0 fully saturated rings. The first-order valence-electron chi connectivity index (χ1n) is 5.49. The Labute approximate surface area is 116 Å². The third-order valence-electron chi connectivity index (χ3n) is 2.63. The van der Waals surface area contributed by atoms with Gasteiger partial charge in [-0.3, -0.25) is 4.79 Å². The third-order valence-corrected chi connectivity index (χ3v) is 3.23. The van der Waals surface area contributed by atoms with Crippen molar-refractivity contribution in [3.63, 3.8) is 0 Å². The van der Waals surface area contributed by atoms with E-state index < -0.39 is 5.56 Å². The SMILES string of the molecule is O=c1cc(O)nc(-c2nc3ccccc3cc2Br)[nH]1. The molecule has 0 radical (unpaired) electrons. The van der Waals surface area contributed by atoms with Gasteiger partial charge in [0.2, 0.25) is 5.88 Å². The van der Waals surface area contributed by atoms with Crippen LogP contribution in [0.25, 0.3) is 22.4 Å². The number of H-pyrrole nitrogens is 1. The second-order valence-corrected chi connectivity index (χ2v) is 4.82. The lowest BCUT2D eigenvalue weighted by Crippen LogP contribution is -2.07. The second kappa shape index (κ2) is 4.47. The predicted molar refractivity (Wildman–Crippen MR) is 75.0 cm³/mol. The molecule has 3 aromatic rings. The molecular weight excluding hydrogens is 310 g/mol. The molecule has 0 saturated carbocycles. The van der Waals surface area contributed by atoms with E-state index in [-0.39, 0.29) is 11.7 Å². The normalized spacial score (nSPS) is 10.8. The van der Waals surface area contributed by atoms with Crippen LogP contribution in [-0.2, 0) is 0 Å². The topological polar surface area (TPSA) is 78.9 Å². The van der Waals surface area contributed by atoms with E-state index in [1.807, 2.05) is 30.3 Å². The van der Waals surface area contributed by atoms with Gasteiger partial charge in [0, 0.05) is 9.86 Å². The van der Waals surface area contributed by atoms with Gasteiger partial charge in [0.1, 0.15) is 5.69 Å². The summed E-state index contributed by atoms with van der Waals surface area (Å²) in [6.07, 6.45) is 0. The number of aromatic hydroxyl groups is 1. The predicted octanol–water partition coefficient (Wildman–Crippen LogP) is 2.45. The minimum absolute atomic E-state index is 0.225. The van der Waals surface area contributed by atoms with Crippen LogP contribution in [0, 0.1) is 0 Å². The molecule has 3 rings (SSSR count). The summed E-state index contributed by atoms with van der Waals surface area (Å²) >= 11 is 3.40. The van der Waals surface area contributed by atoms with Crippen LogP contribution in [0.15, 0.2) is 45.7 Å². The zero-order valence-corrected chi connectivity index (χ0v) is 11.2. The standard InChI is InChI=1S/C13H8BrN3O2/c14-8-5-7-3-1-2-4-9(7)15-12(8)13-16-10(18)6-11(19)17-13/h1-6H,(H2,16,17,18,19). The Kier molecular flexibility index (Phi) is 2.79. The molecule has 6 heteroatoms. The number of nitrogens with zero attached hydrogens (tertiary/aromatic N) is 2. The number of aromatic nitrogens is 3. The van der Waals surface area contributed by atoms with Gasteiger partial charge >= 0.3 is 0 Å². The van der Waals surface area contributed by atoms with Crippen molar-refractivity contribution < 1.29 is 5.11 Å². The highest BCUT2D eigenvalue weighted by Crippen LogP contribution is 2.27. The van der Waals surface area contributed by atoms with E-state index in [2.05, 4.69) is 30.9 Å². The molecule has 0 aliphatic heterocycles. The largest absolute Gasteiger partial charge is 0.493 e. The summed E-state index contributed by atoms with van der Waals surface area (Å²) in [6, 6.07) is 10.5. The summed E-state index contributed by atoms with van der Waals surface area (Å²) in [5, 5.41) is 10.4. The van der Waals surface area contributed by atoms with Gasteiger partial charge in [-0.25, -0.2) is 4.98 Å². The highest BCUT2D eigenvalue weighted by Gasteiger charge is 2.10. The summed E-state index contributed by atoms with van der Waals surface area (Å²) in [7, 11) is 0. The van der Waals surface area contributed by atoms with Crippen molar-refractivity contribution in [3.05, 3.63) is 51.2 Å². The zero-order chi connectivity index (χ0) is 13.4. The van der Waals surface area contributed by atoms with Gasteiger partial charge in [0.05, 0.1) is 11.6 Å². The van der Waals surface area contributed by atoms with Crippen LogP contribution in [0.4, 0.5) is 0 Å². The zero-order valence-electron chi connectivity index (χ0n) is 9.59. The second-order valence-electron chi connectivity index (χ2n) is 3.96. The molecule has 5 nitrogen and oxygen atoms in total. The fraction of sp³-hybridized carbons (Fsp3) is 0. The van der Waals surface area contributed by atoms with Crippen molar-refractivity contribution in [3.8, 4) is 17.4 Å². The fourth-order valence-corrected chi connectivity index (χ4v) is 2.34. The molecule has 2 N–H and O–H groups in total. The van der Waals surface area contributed by atoms with Crippen molar-refractivity contribution in [2.75, 3.05) is 0 Å². The molecule has 0 aliphatic rings. The maximum absolute atomic E-state index is 11.4. The minimum atomic E-state index is -0.427. The van der Waals surface area contributed by atoms with Crippen LogP contribution in [0.3, 0.4) is 0 Å². The van der Waals surface area contributed by atoms with Gasteiger partial charge in [-0.15, -0.1) is 0 Å². The number of aromatic amines is 1. The fourth-order valence-electron chi connectivity index (χ4n) is 1.81. The van der Waals surface area contributed by atoms with Crippen molar-refractivity contribution in [1.82, 2.24) is 15.0 Å². The Hall–Kier alpha value is -2.21.